The monoisotopic (exact) mass is 409 g/mol. The number of anilines is 1. The number of aldehydes is 1. The Kier molecular flexibility index (Phi) is 3.58. The van der Waals surface area contributed by atoms with Crippen LogP contribution in [0.25, 0.3) is 0 Å². The van der Waals surface area contributed by atoms with Crippen LogP contribution in [-0.4, -0.2) is 25.2 Å². The van der Waals surface area contributed by atoms with Gasteiger partial charge in [0.2, 0.25) is 11.8 Å². The van der Waals surface area contributed by atoms with E-state index in [2.05, 4.69) is 0 Å². The Morgan fingerprint density at radius 2 is 1.42 bits per heavy atom. The summed E-state index contributed by atoms with van der Waals surface area (Å²) in [6, 6.07) is 22.3. The SMILES string of the molecule is COc1ccc(N2C(=O)[C@@H]3[C@@H](C2=O)C2c4ccccc4C3(C=O)c3ccccc32)cc1. The smallest absolute Gasteiger partial charge is 0.239 e. The maximum absolute atomic E-state index is 13.8. The Hall–Kier alpha value is -3.73. The second-order valence-corrected chi connectivity index (χ2v) is 8.35. The van der Waals surface area contributed by atoms with Crippen molar-refractivity contribution in [1.82, 2.24) is 0 Å². The number of benzene rings is 3. The van der Waals surface area contributed by atoms with Gasteiger partial charge in [0.15, 0.2) is 0 Å². The Morgan fingerprint density at radius 3 is 1.97 bits per heavy atom. The van der Waals surface area contributed by atoms with Gasteiger partial charge in [-0.2, -0.15) is 0 Å². The molecule has 0 spiro atoms. The number of methoxy groups -OCH3 is 1. The van der Waals surface area contributed by atoms with E-state index in [0.717, 1.165) is 28.5 Å². The zero-order valence-electron chi connectivity index (χ0n) is 16.8. The second kappa shape index (κ2) is 6.14. The van der Waals surface area contributed by atoms with E-state index in [1.165, 1.54) is 4.90 Å². The van der Waals surface area contributed by atoms with E-state index in [0.29, 0.717) is 11.4 Å². The first kappa shape index (κ1) is 18.1. The summed E-state index contributed by atoms with van der Waals surface area (Å²) in [4.78, 5) is 41.7. The van der Waals surface area contributed by atoms with E-state index in [9.17, 15) is 14.4 Å². The number of rotatable bonds is 3. The molecule has 7 rings (SSSR count). The number of amides is 2. The predicted molar refractivity (Wildman–Crippen MR) is 114 cm³/mol. The highest BCUT2D eigenvalue weighted by atomic mass is 16.5. The number of hydrogen-bond acceptors (Lipinski definition) is 4. The van der Waals surface area contributed by atoms with Crippen molar-refractivity contribution in [2.75, 3.05) is 12.0 Å². The Morgan fingerprint density at radius 1 is 0.839 bits per heavy atom. The van der Waals surface area contributed by atoms with Crippen molar-refractivity contribution in [2.24, 2.45) is 11.8 Å². The van der Waals surface area contributed by atoms with E-state index in [1.807, 2.05) is 48.5 Å². The normalized spacial score (nSPS) is 27.5. The molecule has 152 valence electrons. The number of carbonyl (C=O) groups is 3. The molecule has 1 aliphatic heterocycles. The third-order valence-corrected chi connectivity index (χ3v) is 7.20. The highest BCUT2D eigenvalue weighted by Gasteiger charge is 2.68. The maximum Gasteiger partial charge on any atom is 0.239 e. The minimum Gasteiger partial charge on any atom is -0.497 e. The van der Waals surface area contributed by atoms with Crippen LogP contribution in [0.5, 0.6) is 5.75 Å². The van der Waals surface area contributed by atoms with Crippen molar-refractivity contribution in [3.8, 4) is 5.75 Å². The molecule has 2 atom stereocenters. The lowest BCUT2D eigenvalue weighted by atomic mass is 9.48. The van der Waals surface area contributed by atoms with Crippen molar-refractivity contribution in [3.05, 3.63) is 95.1 Å². The summed E-state index contributed by atoms with van der Waals surface area (Å²) in [6.07, 6.45) is 0.889. The fourth-order valence-electron chi connectivity index (χ4n) is 6.02. The molecule has 3 aromatic rings. The van der Waals surface area contributed by atoms with Crippen molar-refractivity contribution >= 4 is 23.8 Å². The average Bonchev–Trinajstić information content (AvgIpc) is 3.10. The molecule has 0 N–H and O–H groups in total. The number of imide groups is 1. The lowest BCUT2D eigenvalue weighted by Gasteiger charge is -2.51. The quantitative estimate of drug-likeness (QED) is 0.491. The third kappa shape index (κ3) is 2.03. The number of nitrogens with zero attached hydrogens (tertiary/aromatic N) is 1. The molecule has 5 heteroatoms. The number of ether oxygens (including phenoxy) is 1. The molecule has 5 nitrogen and oxygen atoms in total. The maximum atomic E-state index is 13.8. The van der Waals surface area contributed by atoms with Gasteiger partial charge in [-0.3, -0.25) is 9.59 Å². The van der Waals surface area contributed by atoms with Gasteiger partial charge in [-0.25, -0.2) is 4.90 Å². The second-order valence-electron chi connectivity index (χ2n) is 8.35. The van der Waals surface area contributed by atoms with Gasteiger partial charge in [0.25, 0.3) is 0 Å². The summed E-state index contributed by atoms with van der Waals surface area (Å²) in [5.41, 5.74) is 2.94. The fraction of sp³-hybridized carbons (Fsp3) is 0.192. The first-order chi connectivity index (χ1) is 15.1. The first-order valence-corrected chi connectivity index (χ1v) is 10.3. The molecule has 2 bridgehead atoms. The van der Waals surface area contributed by atoms with E-state index >= 15 is 0 Å². The standard InChI is InChI=1S/C26H19NO4/c1-31-16-12-10-15(11-13-16)27-24(29)22-21-17-6-2-4-8-19(17)26(14-28,23(22)25(27)30)20-9-5-3-7-18(20)21/h2-14,21-23H,1H3/t21?,22-,23-,26?/m0/s1. The van der Waals surface area contributed by atoms with E-state index < -0.39 is 17.3 Å². The van der Waals surface area contributed by atoms with Crippen LogP contribution in [-0.2, 0) is 19.8 Å². The zero-order valence-corrected chi connectivity index (χ0v) is 16.8. The molecule has 0 saturated carbocycles. The minimum absolute atomic E-state index is 0.250. The zero-order chi connectivity index (χ0) is 21.3. The molecule has 0 unspecified atom stereocenters. The fourth-order valence-corrected chi connectivity index (χ4v) is 6.02. The summed E-state index contributed by atoms with van der Waals surface area (Å²) >= 11 is 0. The predicted octanol–water partition coefficient (Wildman–Crippen LogP) is 3.44. The van der Waals surface area contributed by atoms with Gasteiger partial charge in [0, 0.05) is 5.92 Å². The molecule has 1 heterocycles. The van der Waals surface area contributed by atoms with Gasteiger partial charge < -0.3 is 9.53 Å². The molecular formula is C26H19NO4. The number of hydrogen-bond donors (Lipinski definition) is 0. The highest BCUT2D eigenvalue weighted by Crippen LogP contribution is 2.63. The largest absolute Gasteiger partial charge is 0.497 e. The van der Waals surface area contributed by atoms with Crippen molar-refractivity contribution < 1.29 is 19.1 Å². The summed E-state index contributed by atoms with van der Waals surface area (Å²) < 4.78 is 5.21. The van der Waals surface area contributed by atoms with Gasteiger partial charge in [-0.05, 0) is 46.5 Å². The van der Waals surface area contributed by atoms with Crippen LogP contribution in [0.3, 0.4) is 0 Å². The Bertz CT molecular complexity index is 1210. The molecule has 4 aliphatic rings. The van der Waals surface area contributed by atoms with Crippen LogP contribution in [0, 0.1) is 11.8 Å². The number of carbonyl (C=O) groups excluding carboxylic acids is 3. The van der Waals surface area contributed by atoms with Gasteiger partial charge >= 0.3 is 0 Å². The minimum atomic E-state index is -1.17. The summed E-state index contributed by atoms with van der Waals surface area (Å²) in [7, 11) is 1.57. The first-order valence-electron chi connectivity index (χ1n) is 10.3. The van der Waals surface area contributed by atoms with Gasteiger partial charge in [0.1, 0.15) is 12.0 Å². The average molecular weight is 409 g/mol. The van der Waals surface area contributed by atoms with Crippen LogP contribution in [0.15, 0.2) is 72.8 Å². The van der Waals surface area contributed by atoms with Crippen molar-refractivity contribution in [2.45, 2.75) is 11.3 Å². The Balaban J connectivity index is 1.60. The van der Waals surface area contributed by atoms with Crippen LogP contribution in [0.1, 0.15) is 28.2 Å². The molecule has 1 fully saturated rings. The van der Waals surface area contributed by atoms with E-state index in [4.69, 9.17) is 4.74 Å². The van der Waals surface area contributed by atoms with Gasteiger partial charge in [-0.1, -0.05) is 48.5 Å². The van der Waals surface area contributed by atoms with Crippen molar-refractivity contribution in [3.63, 3.8) is 0 Å². The topological polar surface area (TPSA) is 63.7 Å². The molecule has 0 aromatic heterocycles. The molecule has 2 amide bonds. The van der Waals surface area contributed by atoms with Gasteiger partial charge in [0.05, 0.1) is 30.0 Å². The van der Waals surface area contributed by atoms with Crippen LogP contribution < -0.4 is 9.64 Å². The Labute approximate surface area is 179 Å². The van der Waals surface area contributed by atoms with Crippen molar-refractivity contribution in [1.29, 1.82) is 0 Å². The molecule has 0 radical (unpaired) electrons. The highest BCUT2D eigenvalue weighted by molar-refractivity contribution is 6.24. The molecule has 3 aromatic carbocycles. The molecule has 3 aliphatic carbocycles. The summed E-state index contributed by atoms with van der Waals surface area (Å²) in [6.45, 7) is 0. The summed E-state index contributed by atoms with van der Waals surface area (Å²) in [5.74, 6) is -1.54. The van der Waals surface area contributed by atoms with Gasteiger partial charge in [-0.15, -0.1) is 0 Å². The van der Waals surface area contributed by atoms with E-state index in [1.54, 1.807) is 31.4 Å². The lowest BCUT2D eigenvalue weighted by molar-refractivity contribution is -0.128. The third-order valence-electron chi connectivity index (χ3n) is 7.20. The van der Waals surface area contributed by atoms with Crippen LogP contribution >= 0.6 is 0 Å². The van der Waals surface area contributed by atoms with Crippen LogP contribution in [0.2, 0.25) is 0 Å². The van der Waals surface area contributed by atoms with Crippen LogP contribution in [0.4, 0.5) is 5.69 Å². The van der Waals surface area contributed by atoms with E-state index in [-0.39, 0.29) is 17.7 Å². The lowest BCUT2D eigenvalue weighted by Crippen LogP contribution is -2.54. The molecule has 31 heavy (non-hydrogen) atoms. The molecular weight excluding hydrogens is 390 g/mol. The molecule has 1 saturated heterocycles. The summed E-state index contributed by atoms with van der Waals surface area (Å²) in [5, 5.41) is 0.